The molecule has 0 radical (unpaired) electrons. The van der Waals surface area contributed by atoms with Gasteiger partial charge in [0.2, 0.25) is 0 Å². The van der Waals surface area contributed by atoms with Gasteiger partial charge in [-0.2, -0.15) is 11.8 Å². The first kappa shape index (κ1) is 13.6. The number of hydrogen-bond donors (Lipinski definition) is 1. The predicted molar refractivity (Wildman–Crippen MR) is 83.6 cm³/mol. The number of guanidine groups is 1. The lowest BCUT2D eigenvalue weighted by Gasteiger charge is -2.31. The Morgan fingerprint density at radius 2 is 2.21 bits per heavy atom. The molecule has 4 heteroatoms. The molecule has 2 atom stereocenters. The summed E-state index contributed by atoms with van der Waals surface area (Å²) in [5, 5.41) is 0. The first-order valence-corrected chi connectivity index (χ1v) is 8.98. The van der Waals surface area contributed by atoms with Gasteiger partial charge in [0.25, 0.3) is 0 Å². The number of thioether (sulfide) groups is 1. The molecular formula is C15H27N3S. The molecule has 108 valence electrons. The molecule has 3 nitrogen and oxygen atoms in total. The van der Waals surface area contributed by atoms with Crippen LogP contribution < -0.4 is 5.73 Å². The van der Waals surface area contributed by atoms with Gasteiger partial charge in [-0.3, -0.25) is 4.99 Å². The summed E-state index contributed by atoms with van der Waals surface area (Å²) in [4.78, 5) is 7.00. The fourth-order valence-electron chi connectivity index (χ4n) is 3.78. The first-order valence-electron chi connectivity index (χ1n) is 7.82. The van der Waals surface area contributed by atoms with Crippen molar-refractivity contribution >= 4 is 17.7 Å². The van der Waals surface area contributed by atoms with Crippen molar-refractivity contribution < 1.29 is 0 Å². The Bertz CT molecular complexity index is 349. The zero-order chi connectivity index (χ0) is 13.3. The van der Waals surface area contributed by atoms with Crippen molar-refractivity contribution in [1.82, 2.24) is 4.90 Å². The van der Waals surface area contributed by atoms with Crippen LogP contribution in [0.25, 0.3) is 0 Å². The van der Waals surface area contributed by atoms with E-state index in [1.807, 2.05) is 0 Å². The van der Waals surface area contributed by atoms with E-state index in [2.05, 4.69) is 23.6 Å². The monoisotopic (exact) mass is 281 g/mol. The van der Waals surface area contributed by atoms with Crippen molar-refractivity contribution in [2.45, 2.75) is 39.0 Å². The second-order valence-electron chi connectivity index (χ2n) is 6.77. The summed E-state index contributed by atoms with van der Waals surface area (Å²) in [5.74, 6) is 5.12. The maximum absolute atomic E-state index is 6.18. The average molecular weight is 281 g/mol. The zero-order valence-electron chi connectivity index (χ0n) is 12.1. The maximum atomic E-state index is 6.18. The quantitative estimate of drug-likeness (QED) is 0.625. The fourth-order valence-corrected chi connectivity index (χ4v) is 5.09. The highest BCUT2D eigenvalue weighted by Crippen LogP contribution is 2.60. The van der Waals surface area contributed by atoms with Crippen LogP contribution in [0, 0.1) is 17.3 Å². The van der Waals surface area contributed by atoms with Gasteiger partial charge in [0.15, 0.2) is 5.96 Å². The summed E-state index contributed by atoms with van der Waals surface area (Å²) in [7, 11) is 0. The fraction of sp³-hybridized carbons (Fsp3) is 0.933. The van der Waals surface area contributed by atoms with Gasteiger partial charge < -0.3 is 10.6 Å². The van der Waals surface area contributed by atoms with Gasteiger partial charge in [-0.15, -0.1) is 0 Å². The van der Waals surface area contributed by atoms with Gasteiger partial charge in [-0.25, -0.2) is 0 Å². The van der Waals surface area contributed by atoms with Gasteiger partial charge in [0.1, 0.15) is 0 Å². The van der Waals surface area contributed by atoms with Gasteiger partial charge in [-0.05, 0) is 60.9 Å². The van der Waals surface area contributed by atoms with E-state index >= 15 is 0 Å². The molecule has 0 aromatic rings. The Labute approximate surface area is 121 Å². The minimum absolute atomic E-state index is 0.671. The molecule has 3 aliphatic rings. The van der Waals surface area contributed by atoms with Crippen molar-refractivity contribution in [3.63, 3.8) is 0 Å². The summed E-state index contributed by atoms with van der Waals surface area (Å²) in [5.41, 5.74) is 6.85. The number of rotatable bonds is 2. The number of nitrogens with zero attached hydrogens (tertiary/aromatic N) is 2. The lowest BCUT2D eigenvalue weighted by atomic mass is 9.96. The lowest BCUT2D eigenvalue weighted by molar-refractivity contribution is 0.270. The third-order valence-electron chi connectivity index (χ3n) is 5.30. The minimum Gasteiger partial charge on any atom is -0.370 e. The maximum Gasteiger partial charge on any atom is 0.191 e. The Kier molecular flexibility index (Phi) is 3.97. The molecule has 3 rings (SSSR count). The molecular weight excluding hydrogens is 254 g/mol. The highest BCUT2D eigenvalue weighted by molar-refractivity contribution is 7.99. The second kappa shape index (κ2) is 5.55. The van der Waals surface area contributed by atoms with E-state index in [-0.39, 0.29) is 0 Å². The van der Waals surface area contributed by atoms with Gasteiger partial charge in [0, 0.05) is 19.6 Å². The van der Waals surface area contributed by atoms with Crippen molar-refractivity contribution in [1.29, 1.82) is 0 Å². The van der Waals surface area contributed by atoms with Crippen molar-refractivity contribution in [3.8, 4) is 0 Å². The van der Waals surface area contributed by atoms with Crippen LogP contribution in [0.2, 0.25) is 0 Å². The van der Waals surface area contributed by atoms with Gasteiger partial charge >= 0.3 is 0 Å². The highest BCUT2D eigenvalue weighted by atomic mass is 32.2. The molecule has 1 saturated carbocycles. The van der Waals surface area contributed by atoms with E-state index in [9.17, 15) is 0 Å². The minimum atomic E-state index is 0.671. The Morgan fingerprint density at radius 3 is 2.95 bits per heavy atom. The number of piperidine rings is 1. The smallest absolute Gasteiger partial charge is 0.191 e. The SMILES string of the molecule is CC1CCCN(C(N)=NCC2CC23CCSCC3)C1. The van der Waals surface area contributed by atoms with Crippen LogP contribution in [0.5, 0.6) is 0 Å². The van der Waals surface area contributed by atoms with Crippen LogP contribution in [-0.4, -0.2) is 42.0 Å². The lowest BCUT2D eigenvalue weighted by Crippen LogP contribution is -2.43. The molecule has 2 heterocycles. The zero-order valence-corrected chi connectivity index (χ0v) is 12.9. The molecule has 1 spiro atoms. The average Bonchev–Trinajstić information content (AvgIpc) is 3.09. The molecule has 2 aliphatic heterocycles. The van der Waals surface area contributed by atoms with Gasteiger partial charge in [-0.1, -0.05) is 6.92 Å². The van der Waals surface area contributed by atoms with E-state index in [1.165, 1.54) is 43.6 Å². The highest BCUT2D eigenvalue weighted by Gasteiger charge is 2.53. The van der Waals surface area contributed by atoms with E-state index < -0.39 is 0 Å². The van der Waals surface area contributed by atoms with Crippen molar-refractivity contribution in [2.24, 2.45) is 28.0 Å². The Hall–Kier alpha value is -0.380. The van der Waals surface area contributed by atoms with Crippen LogP contribution >= 0.6 is 11.8 Å². The molecule has 0 bridgehead atoms. The normalized spacial score (nSPS) is 34.6. The van der Waals surface area contributed by atoms with Crippen LogP contribution in [0.3, 0.4) is 0 Å². The Balaban J connectivity index is 1.49. The topological polar surface area (TPSA) is 41.6 Å². The van der Waals surface area contributed by atoms with Crippen molar-refractivity contribution in [3.05, 3.63) is 0 Å². The van der Waals surface area contributed by atoms with Crippen LogP contribution in [-0.2, 0) is 0 Å². The molecule has 1 aliphatic carbocycles. The second-order valence-corrected chi connectivity index (χ2v) is 7.99. The third kappa shape index (κ3) is 3.04. The summed E-state index contributed by atoms with van der Waals surface area (Å²) in [6, 6.07) is 0. The third-order valence-corrected chi connectivity index (χ3v) is 6.29. The largest absolute Gasteiger partial charge is 0.370 e. The van der Waals surface area contributed by atoms with Gasteiger partial charge in [0.05, 0.1) is 0 Å². The Morgan fingerprint density at radius 1 is 1.42 bits per heavy atom. The summed E-state index contributed by atoms with van der Waals surface area (Å²) in [6.45, 7) is 5.49. The first-order chi connectivity index (χ1) is 9.20. The van der Waals surface area contributed by atoms with Crippen molar-refractivity contribution in [2.75, 3.05) is 31.1 Å². The molecule has 0 aromatic carbocycles. The summed E-state index contributed by atoms with van der Waals surface area (Å²) >= 11 is 2.12. The molecule has 19 heavy (non-hydrogen) atoms. The molecule has 0 aromatic heterocycles. The number of aliphatic imine (C=N–C) groups is 1. The number of nitrogens with two attached hydrogens (primary N) is 1. The standard InChI is InChI=1S/C15H27N3S/c1-12-3-2-6-18(11-12)14(16)17-10-13-9-15(13)4-7-19-8-5-15/h12-13H,2-11H2,1H3,(H2,16,17). The van der Waals surface area contributed by atoms with E-state index in [0.717, 1.165) is 37.4 Å². The van der Waals surface area contributed by atoms with E-state index in [1.54, 1.807) is 0 Å². The van der Waals surface area contributed by atoms with Crippen LogP contribution in [0.1, 0.15) is 39.0 Å². The van der Waals surface area contributed by atoms with E-state index in [0.29, 0.717) is 5.41 Å². The van der Waals surface area contributed by atoms with E-state index in [4.69, 9.17) is 10.7 Å². The summed E-state index contributed by atoms with van der Waals surface area (Å²) in [6.07, 6.45) is 6.84. The number of hydrogen-bond acceptors (Lipinski definition) is 2. The number of likely N-dealkylation sites (tertiary alicyclic amines) is 1. The molecule has 3 fully saturated rings. The van der Waals surface area contributed by atoms with Crippen LogP contribution in [0.15, 0.2) is 4.99 Å². The molecule has 2 unspecified atom stereocenters. The molecule has 2 N–H and O–H groups in total. The molecule has 0 amide bonds. The predicted octanol–water partition coefficient (Wildman–Crippen LogP) is 2.57. The van der Waals surface area contributed by atoms with Crippen LogP contribution in [0.4, 0.5) is 0 Å². The molecule has 2 saturated heterocycles. The summed E-state index contributed by atoms with van der Waals surface area (Å²) < 4.78 is 0.